The van der Waals surface area contributed by atoms with E-state index in [4.69, 9.17) is 4.98 Å². The molecule has 2 aliphatic rings. The number of nitrogens with zero attached hydrogens (tertiary/aromatic N) is 3. The quantitative estimate of drug-likeness (QED) is 0.294. The number of nitriles is 1. The van der Waals surface area contributed by atoms with Crippen LogP contribution in [0.15, 0.2) is 12.1 Å². The smallest absolute Gasteiger partial charge is 0.326 e. The summed E-state index contributed by atoms with van der Waals surface area (Å²) in [5.74, 6) is 0.115. The normalized spacial score (nSPS) is 16.6. The maximum absolute atomic E-state index is 12.4. The summed E-state index contributed by atoms with van der Waals surface area (Å²) >= 11 is 0. The Morgan fingerprint density at radius 2 is 2.03 bits per heavy atom. The molecule has 1 aliphatic carbocycles. The minimum atomic E-state index is -0.999. The molecule has 1 saturated carbocycles. The number of unbranched alkanes of at least 4 members (excludes halogenated alkanes) is 1. The second-order valence-electron chi connectivity index (χ2n) is 10.6. The average molecular weight is 498 g/mol. The third kappa shape index (κ3) is 8.48. The maximum Gasteiger partial charge on any atom is 0.326 e. The average Bonchev–Trinajstić information content (AvgIpc) is 3.66. The number of hydrogen-bond acceptors (Lipinski definition) is 6. The lowest BCUT2D eigenvalue weighted by Crippen LogP contribution is -2.44. The molecule has 8 heteroatoms. The Bertz CT molecular complexity index is 920. The number of aryl methyl sites for hydroxylation is 2. The first kappa shape index (κ1) is 27.9. The van der Waals surface area contributed by atoms with Gasteiger partial charge in [0.05, 0.1) is 11.5 Å². The van der Waals surface area contributed by atoms with Crippen LogP contribution in [0.1, 0.15) is 82.9 Å². The SMILES string of the molecule is CCC(CC)CC(=O)NC(CCN(CCCCc1ccc2c(n1)NCCC2)CC1(C#N)CC1)C(=O)O. The van der Waals surface area contributed by atoms with Crippen LogP contribution in [0.4, 0.5) is 5.82 Å². The van der Waals surface area contributed by atoms with E-state index in [9.17, 15) is 20.0 Å². The highest BCUT2D eigenvalue weighted by Crippen LogP contribution is 2.45. The topological polar surface area (TPSA) is 118 Å². The number of hydrogen-bond donors (Lipinski definition) is 3. The van der Waals surface area contributed by atoms with Crippen molar-refractivity contribution < 1.29 is 14.7 Å². The van der Waals surface area contributed by atoms with E-state index in [0.29, 0.717) is 25.9 Å². The molecule has 0 bridgehead atoms. The molecule has 1 aromatic heterocycles. The van der Waals surface area contributed by atoms with Gasteiger partial charge < -0.3 is 20.6 Å². The van der Waals surface area contributed by atoms with Gasteiger partial charge >= 0.3 is 5.97 Å². The number of fused-ring (bicyclic) bond motifs is 1. The molecule has 3 N–H and O–H groups in total. The van der Waals surface area contributed by atoms with Crippen molar-refractivity contribution in [1.29, 1.82) is 5.26 Å². The number of carbonyl (C=O) groups is 2. The zero-order valence-corrected chi connectivity index (χ0v) is 22.0. The van der Waals surface area contributed by atoms with Gasteiger partial charge in [0, 0.05) is 31.7 Å². The van der Waals surface area contributed by atoms with Crippen LogP contribution in [0.5, 0.6) is 0 Å². The molecule has 3 rings (SSSR count). The van der Waals surface area contributed by atoms with E-state index in [-0.39, 0.29) is 17.2 Å². The van der Waals surface area contributed by atoms with E-state index in [1.54, 1.807) is 0 Å². The molecule has 0 saturated heterocycles. The summed E-state index contributed by atoms with van der Waals surface area (Å²) in [5.41, 5.74) is 2.10. The number of carboxylic acid groups (broad SMARTS) is 1. The highest BCUT2D eigenvalue weighted by Gasteiger charge is 2.44. The summed E-state index contributed by atoms with van der Waals surface area (Å²) in [4.78, 5) is 31.3. The van der Waals surface area contributed by atoms with Gasteiger partial charge in [-0.25, -0.2) is 9.78 Å². The Morgan fingerprint density at radius 1 is 1.25 bits per heavy atom. The summed E-state index contributed by atoms with van der Waals surface area (Å²) in [6.45, 7) is 7.10. The van der Waals surface area contributed by atoms with Gasteiger partial charge in [0.1, 0.15) is 11.9 Å². The van der Waals surface area contributed by atoms with Crippen LogP contribution >= 0.6 is 0 Å². The van der Waals surface area contributed by atoms with Crippen LogP contribution < -0.4 is 10.6 Å². The third-order valence-corrected chi connectivity index (χ3v) is 7.72. The molecule has 1 unspecified atom stereocenters. The van der Waals surface area contributed by atoms with Crippen molar-refractivity contribution in [1.82, 2.24) is 15.2 Å². The molecule has 2 heterocycles. The molecule has 1 amide bonds. The summed E-state index contributed by atoms with van der Waals surface area (Å²) in [7, 11) is 0. The van der Waals surface area contributed by atoms with Crippen molar-refractivity contribution in [3.8, 4) is 6.07 Å². The van der Waals surface area contributed by atoms with Crippen molar-refractivity contribution >= 4 is 17.7 Å². The zero-order chi connectivity index (χ0) is 26.0. The van der Waals surface area contributed by atoms with Crippen LogP contribution in [-0.4, -0.2) is 59.1 Å². The molecule has 1 aliphatic heterocycles. The minimum absolute atomic E-state index is 0.189. The fourth-order valence-corrected chi connectivity index (χ4v) is 4.97. The number of carbonyl (C=O) groups excluding carboxylic acids is 1. The zero-order valence-electron chi connectivity index (χ0n) is 22.0. The fourth-order valence-electron chi connectivity index (χ4n) is 4.97. The van der Waals surface area contributed by atoms with E-state index < -0.39 is 12.0 Å². The van der Waals surface area contributed by atoms with Gasteiger partial charge in [0.25, 0.3) is 0 Å². The molecule has 36 heavy (non-hydrogen) atoms. The van der Waals surface area contributed by atoms with Gasteiger partial charge in [0.2, 0.25) is 5.91 Å². The van der Waals surface area contributed by atoms with Crippen molar-refractivity contribution in [3.05, 3.63) is 23.4 Å². The Labute approximate surface area is 215 Å². The van der Waals surface area contributed by atoms with Crippen LogP contribution in [0.25, 0.3) is 0 Å². The Morgan fingerprint density at radius 3 is 2.69 bits per heavy atom. The molecule has 1 atom stereocenters. The number of aromatic nitrogens is 1. The van der Waals surface area contributed by atoms with Gasteiger partial charge in [0.15, 0.2) is 0 Å². The largest absolute Gasteiger partial charge is 0.480 e. The van der Waals surface area contributed by atoms with Gasteiger partial charge in [-0.05, 0) is 75.5 Å². The molecule has 1 aromatic rings. The second-order valence-corrected chi connectivity index (χ2v) is 10.6. The number of aliphatic carboxylic acids is 1. The van der Waals surface area contributed by atoms with Crippen molar-refractivity contribution in [2.75, 3.05) is 31.5 Å². The Kier molecular flexibility index (Phi) is 10.5. The number of pyridine rings is 1. The van der Waals surface area contributed by atoms with Gasteiger partial charge in [-0.3, -0.25) is 4.79 Å². The lowest BCUT2D eigenvalue weighted by molar-refractivity contribution is -0.142. The lowest BCUT2D eigenvalue weighted by atomic mass is 9.99. The second kappa shape index (κ2) is 13.6. The van der Waals surface area contributed by atoms with Crippen LogP contribution in [0, 0.1) is 22.7 Å². The molecule has 0 aromatic carbocycles. The molecule has 8 nitrogen and oxygen atoms in total. The van der Waals surface area contributed by atoms with Gasteiger partial charge in [-0.15, -0.1) is 0 Å². The number of nitrogens with one attached hydrogen (secondary N) is 2. The van der Waals surface area contributed by atoms with Crippen molar-refractivity contribution in [3.63, 3.8) is 0 Å². The minimum Gasteiger partial charge on any atom is -0.480 e. The molecule has 1 fully saturated rings. The molecule has 0 spiro atoms. The number of amides is 1. The van der Waals surface area contributed by atoms with E-state index >= 15 is 0 Å². The first-order valence-electron chi connectivity index (χ1n) is 13.8. The highest BCUT2D eigenvalue weighted by molar-refractivity contribution is 5.83. The molecular weight excluding hydrogens is 454 g/mol. The predicted molar refractivity (Wildman–Crippen MR) is 141 cm³/mol. The van der Waals surface area contributed by atoms with E-state index in [1.165, 1.54) is 5.56 Å². The maximum atomic E-state index is 12.4. The lowest BCUT2D eigenvalue weighted by Gasteiger charge is -2.26. The van der Waals surface area contributed by atoms with Gasteiger partial charge in [-0.2, -0.15) is 5.26 Å². The first-order valence-corrected chi connectivity index (χ1v) is 13.8. The van der Waals surface area contributed by atoms with E-state index in [0.717, 1.165) is 82.4 Å². The van der Waals surface area contributed by atoms with Crippen LogP contribution in [-0.2, 0) is 22.4 Å². The highest BCUT2D eigenvalue weighted by atomic mass is 16.4. The van der Waals surface area contributed by atoms with E-state index in [2.05, 4.69) is 47.6 Å². The summed E-state index contributed by atoms with van der Waals surface area (Å²) in [5, 5.41) is 25.4. The monoisotopic (exact) mass is 497 g/mol. The fraction of sp³-hybridized carbons (Fsp3) is 0.714. The van der Waals surface area contributed by atoms with Gasteiger partial charge in [-0.1, -0.05) is 32.8 Å². The molecular formula is C28H43N5O3. The first-order chi connectivity index (χ1) is 17.4. The molecule has 198 valence electrons. The number of carboxylic acids is 1. The third-order valence-electron chi connectivity index (χ3n) is 7.72. The van der Waals surface area contributed by atoms with Crippen molar-refractivity contribution in [2.45, 2.75) is 90.5 Å². The molecule has 0 radical (unpaired) electrons. The number of anilines is 1. The Hall–Kier alpha value is -2.66. The summed E-state index contributed by atoms with van der Waals surface area (Å²) in [6, 6.07) is 5.87. The predicted octanol–water partition coefficient (Wildman–Crippen LogP) is 4.15. The van der Waals surface area contributed by atoms with E-state index in [1.807, 2.05) is 0 Å². The standard InChI is InChI=1S/C28H43N5O3/c1-3-21(4-2)18-25(34)32-24(27(35)36)12-17-33(20-28(19-29)13-14-28)16-6-5-9-23-11-10-22-8-7-15-30-26(22)31-23/h10-11,21,24H,3-9,12-18,20H2,1-2H3,(H,30,31)(H,32,34)(H,35,36). The summed E-state index contributed by atoms with van der Waals surface area (Å²) < 4.78 is 0. The van der Waals surface area contributed by atoms with Crippen LogP contribution in [0.3, 0.4) is 0 Å². The van der Waals surface area contributed by atoms with Crippen LogP contribution in [0.2, 0.25) is 0 Å². The summed E-state index contributed by atoms with van der Waals surface area (Å²) in [6.07, 6.45) is 9.39. The Balaban J connectivity index is 1.50. The number of rotatable bonds is 16. The van der Waals surface area contributed by atoms with Crippen molar-refractivity contribution in [2.24, 2.45) is 11.3 Å².